The first-order valence-electron chi connectivity index (χ1n) is 7.35. The SMILES string of the molecule is CC(C)C1CCCC(N2CCNCC2C(N)=O)C1. The highest BCUT2D eigenvalue weighted by Gasteiger charge is 2.35. The summed E-state index contributed by atoms with van der Waals surface area (Å²) in [6, 6.07) is 0.459. The van der Waals surface area contributed by atoms with Gasteiger partial charge in [-0.05, 0) is 24.7 Å². The van der Waals surface area contributed by atoms with Crippen molar-refractivity contribution in [3.05, 3.63) is 0 Å². The molecule has 1 saturated heterocycles. The maximum atomic E-state index is 11.6. The van der Waals surface area contributed by atoms with Crippen LogP contribution < -0.4 is 11.1 Å². The second-order valence-corrected chi connectivity index (χ2v) is 6.18. The molecule has 3 unspecified atom stereocenters. The Labute approximate surface area is 110 Å². The van der Waals surface area contributed by atoms with E-state index >= 15 is 0 Å². The lowest BCUT2D eigenvalue weighted by Gasteiger charge is -2.44. The number of hydrogen-bond acceptors (Lipinski definition) is 3. The fraction of sp³-hybridized carbons (Fsp3) is 0.929. The summed E-state index contributed by atoms with van der Waals surface area (Å²) in [6.07, 6.45) is 5.11. The zero-order valence-corrected chi connectivity index (χ0v) is 11.7. The second kappa shape index (κ2) is 6.02. The lowest BCUT2D eigenvalue weighted by molar-refractivity contribution is -0.125. The summed E-state index contributed by atoms with van der Waals surface area (Å²) in [5.41, 5.74) is 5.54. The van der Waals surface area contributed by atoms with Crippen LogP contribution in [0.5, 0.6) is 0 Å². The summed E-state index contributed by atoms with van der Waals surface area (Å²) in [6.45, 7) is 7.29. The molecule has 1 aliphatic heterocycles. The Bertz CT molecular complexity index is 293. The predicted octanol–water partition coefficient (Wildman–Crippen LogP) is 0.960. The Kier molecular flexibility index (Phi) is 4.62. The summed E-state index contributed by atoms with van der Waals surface area (Å²) in [5.74, 6) is 1.39. The Morgan fingerprint density at radius 1 is 1.39 bits per heavy atom. The van der Waals surface area contributed by atoms with Crippen molar-refractivity contribution in [3.63, 3.8) is 0 Å². The van der Waals surface area contributed by atoms with Gasteiger partial charge in [0.05, 0.1) is 0 Å². The highest BCUT2D eigenvalue weighted by atomic mass is 16.1. The summed E-state index contributed by atoms with van der Waals surface area (Å²) < 4.78 is 0. The van der Waals surface area contributed by atoms with Gasteiger partial charge in [-0.15, -0.1) is 0 Å². The van der Waals surface area contributed by atoms with Crippen LogP contribution in [-0.2, 0) is 4.79 Å². The van der Waals surface area contributed by atoms with Crippen LogP contribution in [0.25, 0.3) is 0 Å². The Morgan fingerprint density at radius 2 is 2.17 bits per heavy atom. The van der Waals surface area contributed by atoms with E-state index in [0.29, 0.717) is 6.04 Å². The van der Waals surface area contributed by atoms with Crippen LogP contribution in [0.3, 0.4) is 0 Å². The number of nitrogens with zero attached hydrogens (tertiary/aromatic N) is 1. The number of hydrogen-bond donors (Lipinski definition) is 2. The molecule has 1 aliphatic carbocycles. The van der Waals surface area contributed by atoms with Crippen LogP contribution in [0.15, 0.2) is 0 Å². The van der Waals surface area contributed by atoms with Crippen molar-refractivity contribution in [1.29, 1.82) is 0 Å². The summed E-state index contributed by atoms with van der Waals surface area (Å²) in [4.78, 5) is 13.9. The van der Waals surface area contributed by atoms with Gasteiger partial charge in [-0.25, -0.2) is 0 Å². The van der Waals surface area contributed by atoms with E-state index in [1.54, 1.807) is 0 Å². The fourth-order valence-electron chi connectivity index (χ4n) is 3.53. The van der Waals surface area contributed by atoms with E-state index in [1.165, 1.54) is 25.7 Å². The number of amides is 1. The Hall–Kier alpha value is -0.610. The van der Waals surface area contributed by atoms with E-state index < -0.39 is 0 Å². The topological polar surface area (TPSA) is 58.4 Å². The van der Waals surface area contributed by atoms with Gasteiger partial charge in [0.2, 0.25) is 5.91 Å². The van der Waals surface area contributed by atoms with Crippen molar-refractivity contribution >= 4 is 5.91 Å². The molecule has 4 nitrogen and oxygen atoms in total. The van der Waals surface area contributed by atoms with Crippen molar-refractivity contribution in [2.45, 2.75) is 51.6 Å². The second-order valence-electron chi connectivity index (χ2n) is 6.18. The summed E-state index contributed by atoms with van der Waals surface area (Å²) in [5, 5.41) is 3.28. The van der Waals surface area contributed by atoms with Crippen molar-refractivity contribution in [3.8, 4) is 0 Å². The van der Waals surface area contributed by atoms with Crippen LogP contribution in [-0.4, -0.2) is 42.5 Å². The van der Waals surface area contributed by atoms with Crippen LogP contribution in [0.2, 0.25) is 0 Å². The molecule has 0 spiro atoms. The lowest BCUT2D eigenvalue weighted by atomic mass is 9.78. The van der Waals surface area contributed by atoms with Gasteiger partial charge in [0.15, 0.2) is 0 Å². The number of carbonyl (C=O) groups is 1. The number of piperazine rings is 1. The van der Waals surface area contributed by atoms with E-state index in [2.05, 4.69) is 24.1 Å². The molecule has 18 heavy (non-hydrogen) atoms. The lowest BCUT2D eigenvalue weighted by Crippen LogP contribution is -2.60. The smallest absolute Gasteiger partial charge is 0.236 e. The van der Waals surface area contributed by atoms with Gasteiger partial charge in [-0.1, -0.05) is 26.7 Å². The highest BCUT2D eigenvalue weighted by Crippen LogP contribution is 2.33. The molecule has 0 aromatic heterocycles. The molecule has 0 aromatic carbocycles. The first-order chi connectivity index (χ1) is 8.59. The average Bonchev–Trinajstić information content (AvgIpc) is 2.39. The third kappa shape index (κ3) is 3.04. The van der Waals surface area contributed by atoms with E-state index in [-0.39, 0.29) is 11.9 Å². The van der Waals surface area contributed by atoms with E-state index in [4.69, 9.17) is 5.73 Å². The Morgan fingerprint density at radius 3 is 2.83 bits per heavy atom. The van der Waals surface area contributed by atoms with Gasteiger partial charge < -0.3 is 11.1 Å². The van der Waals surface area contributed by atoms with Crippen molar-refractivity contribution in [2.75, 3.05) is 19.6 Å². The van der Waals surface area contributed by atoms with Gasteiger partial charge in [0, 0.05) is 25.7 Å². The number of carbonyl (C=O) groups excluding carboxylic acids is 1. The molecule has 2 aliphatic rings. The average molecular weight is 253 g/mol. The van der Waals surface area contributed by atoms with Crippen LogP contribution in [0, 0.1) is 11.8 Å². The molecule has 0 radical (unpaired) electrons. The molecule has 1 heterocycles. The van der Waals surface area contributed by atoms with E-state index in [0.717, 1.165) is 31.5 Å². The standard InChI is InChI=1S/C14H27N3O/c1-10(2)11-4-3-5-12(8-11)17-7-6-16-9-13(17)14(15)18/h10-13,16H,3-9H2,1-2H3,(H2,15,18). The summed E-state index contributed by atoms with van der Waals surface area (Å²) in [7, 11) is 0. The number of primary amides is 1. The Balaban J connectivity index is 2.01. The molecule has 3 N–H and O–H groups in total. The molecule has 1 amide bonds. The minimum Gasteiger partial charge on any atom is -0.368 e. The maximum absolute atomic E-state index is 11.6. The van der Waals surface area contributed by atoms with Crippen molar-refractivity contribution < 1.29 is 4.79 Å². The van der Waals surface area contributed by atoms with Crippen molar-refractivity contribution in [2.24, 2.45) is 17.6 Å². The minimum absolute atomic E-state index is 0.102. The van der Waals surface area contributed by atoms with Gasteiger partial charge >= 0.3 is 0 Å². The molecule has 4 heteroatoms. The molecular formula is C14H27N3O. The third-order valence-corrected chi connectivity index (χ3v) is 4.71. The van der Waals surface area contributed by atoms with E-state index in [1.807, 2.05) is 0 Å². The van der Waals surface area contributed by atoms with Gasteiger partial charge in [-0.2, -0.15) is 0 Å². The van der Waals surface area contributed by atoms with Gasteiger partial charge in [0.1, 0.15) is 6.04 Å². The highest BCUT2D eigenvalue weighted by molar-refractivity contribution is 5.80. The van der Waals surface area contributed by atoms with Crippen molar-refractivity contribution in [1.82, 2.24) is 10.2 Å². The molecule has 1 saturated carbocycles. The zero-order chi connectivity index (χ0) is 13.1. The maximum Gasteiger partial charge on any atom is 0.236 e. The third-order valence-electron chi connectivity index (χ3n) is 4.71. The minimum atomic E-state index is -0.172. The predicted molar refractivity (Wildman–Crippen MR) is 73.1 cm³/mol. The van der Waals surface area contributed by atoms with Gasteiger partial charge in [-0.3, -0.25) is 9.69 Å². The molecular weight excluding hydrogens is 226 g/mol. The first kappa shape index (κ1) is 13.8. The summed E-state index contributed by atoms with van der Waals surface area (Å²) >= 11 is 0. The molecule has 2 fully saturated rings. The largest absolute Gasteiger partial charge is 0.368 e. The van der Waals surface area contributed by atoms with Gasteiger partial charge in [0.25, 0.3) is 0 Å². The normalized spacial score (nSPS) is 34.7. The fourth-order valence-corrected chi connectivity index (χ4v) is 3.53. The first-order valence-corrected chi connectivity index (χ1v) is 7.35. The number of rotatable bonds is 3. The quantitative estimate of drug-likeness (QED) is 0.787. The molecule has 104 valence electrons. The van der Waals surface area contributed by atoms with Crippen LogP contribution in [0.4, 0.5) is 0 Å². The molecule has 3 atom stereocenters. The number of nitrogens with one attached hydrogen (secondary N) is 1. The van der Waals surface area contributed by atoms with Crippen LogP contribution >= 0.6 is 0 Å². The van der Waals surface area contributed by atoms with Crippen LogP contribution in [0.1, 0.15) is 39.5 Å². The van der Waals surface area contributed by atoms with E-state index in [9.17, 15) is 4.79 Å². The molecule has 0 aromatic rings. The zero-order valence-electron chi connectivity index (χ0n) is 11.7. The molecule has 2 rings (SSSR count). The molecule has 0 bridgehead atoms. The monoisotopic (exact) mass is 253 g/mol. The number of nitrogens with two attached hydrogens (primary N) is 1.